The number of benzene rings is 2. The van der Waals surface area contributed by atoms with E-state index in [0.29, 0.717) is 55.5 Å². The van der Waals surface area contributed by atoms with Gasteiger partial charge in [-0.05, 0) is 62.1 Å². The van der Waals surface area contributed by atoms with Gasteiger partial charge in [0.2, 0.25) is 10.0 Å². The van der Waals surface area contributed by atoms with E-state index in [-0.39, 0.29) is 11.7 Å². The lowest BCUT2D eigenvalue weighted by Gasteiger charge is -2.15. The molecule has 31 heavy (non-hydrogen) atoms. The smallest absolute Gasteiger partial charge is 0.251 e. The zero-order valence-corrected chi connectivity index (χ0v) is 18.9. The molecule has 0 atom stereocenters. The van der Waals surface area contributed by atoms with Crippen LogP contribution in [0.4, 0.5) is 0 Å². The molecule has 1 heterocycles. The molecule has 2 aromatic rings. The van der Waals surface area contributed by atoms with Crippen molar-refractivity contribution in [2.75, 3.05) is 26.3 Å². The fourth-order valence-corrected chi connectivity index (χ4v) is 5.12. The number of hydrogen-bond acceptors (Lipinski definition) is 5. The van der Waals surface area contributed by atoms with E-state index in [9.17, 15) is 13.2 Å². The normalized spacial score (nSPS) is 14.4. The van der Waals surface area contributed by atoms with Gasteiger partial charge in [-0.15, -0.1) is 0 Å². The third kappa shape index (κ3) is 6.21. The second-order valence-electron chi connectivity index (χ2n) is 7.39. The second-order valence-corrected chi connectivity index (χ2v) is 9.36. The Kier molecular flexibility index (Phi) is 7.92. The summed E-state index contributed by atoms with van der Waals surface area (Å²) < 4.78 is 37.6. The van der Waals surface area contributed by atoms with Gasteiger partial charge in [-0.3, -0.25) is 4.79 Å². The van der Waals surface area contributed by atoms with Gasteiger partial charge in [-0.1, -0.05) is 18.2 Å². The van der Waals surface area contributed by atoms with Crippen molar-refractivity contribution in [3.63, 3.8) is 0 Å². The van der Waals surface area contributed by atoms with Crippen LogP contribution in [0.5, 0.6) is 11.5 Å². The molecule has 3 rings (SSSR count). The van der Waals surface area contributed by atoms with Crippen molar-refractivity contribution in [1.29, 1.82) is 0 Å². The molecule has 7 nitrogen and oxygen atoms in total. The van der Waals surface area contributed by atoms with Crippen molar-refractivity contribution >= 4 is 15.9 Å². The van der Waals surface area contributed by atoms with Crippen LogP contribution in [0.25, 0.3) is 0 Å². The number of ether oxygens (including phenoxy) is 2. The van der Waals surface area contributed by atoms with Crippen LogP contribution in [0.2, 0.25) is 0 Å². The number of nitrogens with zero attached hydrogens (tertiary/aromatic N) is 1. The first-order chi connectivity index (χ1) is 14.9. The van der Waals surface area contributed by atoms with Crippen LogP contribution < -0.4 is 14.8 Å². The maximum absolute atomic E-state index is 12.5. The third-order valence-corrected chi connectivity index (χ3v) is 6.93. The molecule has 2 aromatic carbocycles. The van der Waals surface area contributed by atoms with E-state index in [1.165, 1.54) is 0 Å². The number of rotatable bonds is 10. The van der Waals surface area contributed by atoms with E-state index in [1.807, 2.05) is 32.0 Å². The molecule has 0 unspecified atom stereocenters. The highest BCUT2D eigenvalue weighted by atomic mass is 32.2. The highest BCUT2D eigenvalue weighted by Crippen LogP contribution is 2.28. The highest BCUT2D eigenvalue weighted by molar-refractivity contribution is 7.88. The quantitative estimate of drug-likeness (QED) is 0.605. The minimum Gasteiger partial charge on any atom is -0.490 e. The Morgan fingerprint density at radius 1 is 0.935 bits per heavy atom. The number of hydrogen-bond donors (Lipinski definition) is 1. The lowest BCUT2D eigenvalue weighted by molar-refractivity contribution is 0.0951. The molecule has 1 fully saturated rings. The maximum atomic E-state index is 12.5. The van der Waals surface area contributed by atoms with Crippen LogP contribution in [-0.2, 0) is 22.3 Å². The molecule has 8 heteroatoms. The first kappa shape index (κ1) is 23.1. The lowest BCUT2D eigenvalue weighted by Crippen LogP contribution is -2.29. The Morgan fingerprint density at radius 3 is 2.19 bits per heavy atom. The Labute approximate surface area is 184 Å². The van der Waals surface area contributed by atoms with Gasteiger partial charge in [0, 0.05) is 25.2 Å². The predicted octanol–water partition coefficient (Wildman–Crippen LogP) is 3.34. The van der Waals surface area contributed by atoms with Gasteiger partial charge in [-0.2, -0.15) is 0 Å². The molecule has 1 aliphatic rings. The van der Waals surface area contributed by atoms with E-state index in [1.54, 1.807) is 28.6 Å². The van der Waals surface area contributed by atoms with Gasteiger partial charge in [-0.25, -0.2) is 12.7 Å². The van der Waals surface area contributed by atoms with E-state index in [0.717, 1.165) is 18.4 Å². The lowest BCUT2D eigenvalue weighted by atomic mass is 10.1. The number of nitrogens with one attached hydrogen (secondary N) is 1. The second kappa shape index (κ2) is 10.6. The Balaban J connectivity index is 1.59. The summed E-state index contributed by atoms with van der Waals surface area (Å²) in [5.74, 6) is 1.07. The molecule has 168 valence electrons. The van der Waals surface area contributed by atoms with E-state index in [4.69, 9.17) is 9.47 Å². The molecule has 1 N–H and O–H groups in total. The zero-order valence-electron chi connectivity index (χ0n) is 18.1. The molecule has 0 aliphatic carbocycles. The van der Waals surface area contributed by atoms with Crippen molar-refractivity contribution in [2.24, 2.45) is 0 Å². The molecular weight excluding hydrogens is 416 g/mol. The van der Waals surface area contributed by atoms with E-state index >= 15 is 0 Å². The fraction of sp³-hybridized carbons (Fsp3) is 0.435. The van der Waals surface area contributed by atoms with Gasteiger partial charge in [0.25, 0.3) is 5.91 Å². The Morgan fingerprint density at radius 2 is 1.55 bits per heavy atom. The van der Waals surface area contributed by atoms with Gasteiger partial charge in [0.05, 0.1) is 19.0 Å². The maximum Gasteiger partial charge on any atom is 0.251 e. The topological polar surface area (TPSA) is 84.9 Å². The average Bonchev–Trinajstić information content (AvgIpc) is 3.30. The van der Waals surface area contributed by atoms with Crippen LogP contribution in [0.15, 0.2) is 42.5 Å². The van der Waals surface area contributed by atoms with Crippen LogP contribution in [0, 0.1) is 0 Å². The molecular formula is C23H30N2O5S. The first-order valence-corrected chi connectivity index (χ1v) is 12.3. The molecule has 1 amide bonds. The minimum absolute atomic E-state index is 0.0404. The van der Waals surface area contributed by atoms with E-state index < -0.39 is 10.0 Å². The van der Waals surface area contributed by atoms with Gasteiger partial charge in [0.1, 0.15) is 0 Å². The molecule has 0 saturated carbocycles. The van der Waals surface area contributed by atoms with Crippen molar-refractivity contribution in [3.05, 3.63) is 59.2 Å². The minimum atomic E-state index is -3.30. The van der Waals surface area contributed by atoms with Crippen molar-refractivity contribution in [1.82, 2.24) is 9.62 Å². The average molecular weight is 447 g/mol. The highest BCUT2D eigenvalue weighted by Gasteiger charge is 2.25. The summed E-state index contributed by atoms with van der Waals surface area (Å²) in [6, 6.07) is 12.3. The molecule has 1 aliphatic heterocycles. The molecule has 0 aromatic heterocycles. The Bertz CT molecular complexity index is 984. The summed E-state index contributed by atoms with van der Waals surface area (Å²) in [5.41, 5.74) is 2.06. The summed E-state index contributed by atoms with van der Waals surface area (Å²) in [6.45, 7) is 6.43. The molecule has 1 saturated heterocycles. The van der Waals surface area contributed by atoms with Crippen molar-refractivity contribution in [3.8, 4) is 11.5 Å². The third-order valence-electron chi connectivity index (χ3n) is 5.08. The zero-order chi connectivity index (χ0) is 22.3. The molecule has 0 spiro atoms. The standard InChI is InChI=1S/C23H30N2O5S/c1-3-29-21-12-9-19(15-22(21)30-4-2)16-24-23(26)20-10-7-18(8-11-20)17-31(27,28)25-13-5-6-14-25/h7-12,15H,3-6,13-14,16-17H2,1-2H3,(H,24,26). The fourth-order valence-electron chi connectivity index (χ4n) is 3.51. The monoisotopic (exact) mass is 446 g/mol. The number of sulfonamides is 1. The van der Waals surface area contributed by atoms with Crippen LogP contribution in [-0.4, -0.2) is 44.9 Å². The van der Waals surface area contributed by atoms with E-state index in [2.05, 4.69) is 5.32 Å². The number of amides is 1. The number of carbonyl (C=O) groups is 1. The largest absolute Gasteiger partial charge is 0.490 e. The summed E-state index contributed by atoms with van der Waals surface area (Å²) in [6.07, 6.45) is 1.83. The first-order valence-electron chi connectivity index (χ1n) is 10.7. The molecule has 0 radical (unpaired) electrons. The summed E-state index contributed by atoms with van der Waals surface area (Å²) in [4.78, 5) is 12.5. The van der Waals surface area contributed by atoms with Crippen LogP contribution in [0.1, 0.15) is 48.2 Å². The van der Waals surface area contributed by atoms with Crippen LogP contribution in [0.3, 0.4) is 0 Å². The SMILES string of the molecule is CCOc1ccc(CNC(=O)c2ccc(CS(=O)(=O)N3CCCC3)cc2)cc1OCC. The number of carbonyl (C=O) groups excluding carboxylic acids is 1. The summed E-state index contributed by atoms with van der Waals surface area (Å²) in [5, 5.41) is 2.89. The molecule has 0 bridgehead atoms. The van der Waals surface area contributed by atoms with Crippen molar-refractivity contribution in [2.45, 2.75) is 39.0 Å². The summed E-state index contributed by atoms with van der Waals surface area (Å²) >= 11 is 0. The van der Waals surface area contributed by atoms with Gasteiger partial charge < -0.3 is 14.8 Å². The summed E-state index contributed by atoms with van der Waals surface area (Å²) in [7, 11) is -3.30. The van der Waals surface area contributed by atoms with Crippen LogP contribution >= 0.6 is 0 Å². The Hall–Kier alpha value is -2.58. The van der Waals surface area contributed by atoms with Gasteiger partial charge >= 0.3 is 0 Å². The van der Waals surface area contributed by atoms with Gasteiger partial charge in [0.15, 0.2) is 11.5 Å². The van der Waals surface area contributed by atoms with Crippen molar-refractivity contribution < 1.29 is 22.7 Å². The predicted molar refractivity (Wildman–Crippen MR) is 120 cm³/mol.